The third-order valence-electron chi connectivity index (χ3n) is 1.62. The molecular weight excluding hydrogens is 164 g/mol. The third kappa shape index (κ3) is 8.97. The van der Waals surface area contributed by atoms with Crippen molar-refractivity contribution < 1.29 is 9.84 Å². The van der Waals surface area contributed by atoms with E-state index < -0.39 is 6.10 Å². The second kappa shape index (κ2) is 9.15. The predicted molar refractivity (Wildman–Crippen MR) is 54.1 cm³/mol. The van der Waals surface area contributed by atoms with E-state index in [1.165, 1.54) is 12.7 Å². The maximum absolute atomic E-state index is 9.33. The summed E-state index contributed by atoms with van der Waals surface area (Å²) in [6.07, 6.45) is 6.72. The molecule has 1 N–H and O–H groups in total. The molecule has 0 aliphatic carbocycles. The van der Waals surface area contributed by atoms with Crippen molar-refractivity contribution in [3.63, 3.8) is 0 Å². The first-order valence-corrected chi connectivity index (χ1v) is 4.68. The van der Waals surface area contributed by atoms with Crippen molar-refractivity contribution in [2.45, 2.75) is 38.7 Å². The molecule has 2 nitrogen and oxygen atoms in total. The van der Waals surface area contributed by atoms with Gasteiger partial charge in [-0.2, -0.15) is 0 Å². The molecule has 0 spiro atoms. The highest BCUT2D eigenvalue weighted by Gasteiger charge is 1.96. The smallest absolute Gasteiger partial charge is 0.115 e. The Kier molecular flexibility index (Phi) is 8.49. The molecule has 0 saturated carbocycles. The number of hydrogen-bond acceptors (Lipinski definition) is 2. The zero-order valence-corrected chi connectivity index (χ0v) is 8.42. The molecule has 0 fully saturated rings. The largest absolute Gasteiger partial charge is 0.504 e. The highest BCUT2D eigenvalue weighted by molar-refractivity contribution is 5.16. The molecule has 0 saturated heterocycles. The van der Waals surface area contributed by atoms with Crippen molar-refractivity contribution in [3.8, 4) is 11.8 Å². The number of hydrogen-bond donors (Lipinski definition) is 1. The summed E-state index contributed by atoms with van der Waals surface area (Å²) < 4.78 is 4.66. The average molecular weight is 182 g/mol. The van der Waals surface area contributed by atoms with Crippen molar-refractivity contribution in [3.05, 3.63) is 12.3 Å². The first-order valence-electron chi connectivity index (χ1n) is 4.68. The fourth-order valence-corrected chi connectivity index (χ4v) is 0.906. The van der Waals surface area contributed by atoms with Gasteiger partial charge >= 0.3 is 0 Å². The predicted octanol–water partition coefficient (Wildman–Crippen LogP) is 2.09. The van der Waals surface area contributed by atoms with Gasteiger partial charge in [-0.3, -0.25) is 0 Å². The van der Waals surface area contributed by atoms with Gasteiger partial charge in [0.2, 0.25) is 0 Å². The number of methoxy groups -OCH3 is 1. The Labute approximate surface area is 80.6 Å². The first kappa shape index (κ1) is 12.1. The summed E-state index contributed by atoms with van der Waals surface area (Å²) in [4.78, 5) is 0. The standard InChI is InChI=1S/C11H18O2/c1-3-4-5-8-11(12)9-6-7-10-13-2/h7,10-12H,3-5,8H2,1-2H3/b10-7-. The minimum absolute atomic E-state index is 0.493. The monoisotopic (exact) mass is 182 g/mol. The molecule has 0 aromatic rings. The summed E-state index contributed by atoms with van der Waals surface area (Å²) in [6, 6.07) is 0. The Bertz CT molecular complexity index is 186. The summed E-state index contributed by atoms with van der Waals surface area (Å²) >= 11 is 0. The van der Waals surface area contributed by atoms with Crippen molar-refractivity contribution in [1.29, 1.82) is 0 Å². The van der Waals surface area contributed by atoms with Gasteiger partial charge in [-0.1, -0.05) is 31.6 Å². The first-order chi connectivity index (χ1) is 6.31. The molecule has 0 heterocycles. The number of ether oxygens (including phenoxy) is 1. The van der Waals surface area contributed by atoms with Crippen LogP contribution in [0.1, 0.15) is 32.6 Å². The van der Waals surface area contributed by atoms with Gasteiger partial charge in [0.1, 0.15) is 6.10 Å². The Balaban J connectivity index is 3.51. The Morgan fingerprint density at radius 2 is 2.23 bits per heavy atom. The summed E-state index contributed by atoms with van der Waals surface area (Å²) in [7, 11) is 1.57. The topological polar surface area (TPSA) is 29.5 Å². The lowest BCUT2D eigenvalue weighted by Gasteiger charge is -2.00. The molecule has 0 aliphatic heterocycles. The van der Waals surface area contributed by atoms with E-state index in [0.29, 0.717) is 0 Å². The number of allylic oxidation sites excluding steroid dienone is 1. The van der Waals surface area contributed by atoms with Crippen LogP contribution in [0.2, 0.25) is 0 Å². The Morgan fingerprint density at radius 1 is 1.46 bits per heavy atom. The molecule has 2 heteroatoms. The van der Waals surface area contributed by atoms with Crippen LogP contribution in [0.4, 0.5) is 0 Å². The van der Waals surface area contributed by atoms with Crippen molar-refractivity contribution in [2.75, 3.05) is 7.11 Å². The van der Waals surface area contributed by atoms with E-state index in [4.69, 9.17) is 0 Å². The highest BCUT2D eigenvalue weighted by Crippen LogP contribution is 2.01. The van der Waals surface area contributed by atoms with E-state index in [1.54, 1.807) is 13.2 Å². The highest BCUT2D eigenvalue weighted by atomic mass is 16.5. The second-order valence-electron chi connectivity index (χ2n) is 2.84. The van der Waals surface area contributed by atoms with Gasteiger partial charge in [-0.05, 0) is 12.8 Å². The van der Waals surface area contributed by atoms with E-state index in [9.17, 15) is 5.11 Å². The summed E-state index contributed by atoms with van der Waals surface area (Å²) in [5, 5.41) is 9.33. The molecular formula is C11H18O2. The van der Waals surface area contributed by atoms with Crippen LogP contribution >= 0.6 is 0 Å². The Hall–Kier alpha value is -0.940. The molecule has 0 aliphatic rings. The average Bonchev–Trinajstić information content (AvgIpc) is 2.13. The summed E-state index contributed by atoms with van der Waals surface area (Å²) in [6.45, 7) is 2.14. The van der Waals surface area contributed by atoms with E-state index >= 15 is 0 Å². The molecule has 1 atom stereocenters. The van der Waals surface area contributed by atoms with Crippen molar-refractivity contribution in [2.24, 2.45) is 0 Å². The van der Waals surface area contributed by atoms with Gasteiger partial charge in [-0.25, -0.2) is 0 Å². The van der Waals surface area contributed by atoms with Crippen molar-refractivity contribution in [1.82, 2.24) is 0 Å². The molecule has 0 amide bonds. The number of aliphatic hydroxyl groups is 1. The van der Waals surface area contributed by atoms with Crippen molar-refractivity contribution >= 4 is 0 Å². The van der Waals surface area contributed by atoms with Gasteiger partial charge in [0.15, 0.2) is 0 Å². The van der Waals surface area contributed by atoms with Crippen LogP contribution in [0.15, 0.2) is 12.3 Å². The lowest BCUT2D eigenvalue weighted by Crippen LogP contribution is -2.01. The SMILES string of the molecule is CCCCCC(O)C#C/C=C\OC. The number of unbranched alkanes of at least 4 members (excludes halogenated alkanes) is 2. The molecule has 13 heavy (non-hydrogen) atoms. The van der Waals surface area contributed by atoms with Crippen LogP contribution in [-0.4, -0.2) is 18.3 Å². The van der Waals surface area contributed by atoms with Crippen LogP contribution in [-0.2, 0) is 4.74 Å². The molecule has 0 bridgehead atoms. The maximum atomic E-state index is 9.33. The Morgan fingerprint density at radius 3 is 2.85 bits per heavy atom. The van der Waals surface area contributed by atoms with Gasteiger partial charge < -0.3 is 9.84 Å². The minimum Gasteiger partial charge on any atom is -0.504 e. The zero-order valence-electron chi connectivity index (χ0n) is 8.42. The summed E-state index contributed by atoms with van der Waals surface area (Å²) in [5.41, 5.74) is 0. The molecule has 0 radical (unpaired) electrons. The minimum atomic E-state index is -0.493. The van der Waals surface area contributed by atoms with E-state index in [-0.39, 0.29) is 0 Å². The maximum Gasteiger partial charge on any atom is 0.115 e. The van der Waals surface area contributed by atoms with Crippen LogP contribution < -0.4 is 0 Å². The number of aliphatic hydroxyl groups excluding tert-OH is 1. The molecule has 0 aromatic carbocycles. The summed E-state index contributed by atoms with van der Waals surface area (Å²) in [5.74, 6) is 5.42. The van der Waals surface area contributed by atoms with E-state index in [1.807, 2.05) is 0 Å². The second-order valence-corrected chi connectivity index (χ2v) is 2.84. The normalized spacial score (nSPS) is 12.2. The van der Waals surface area contributed by atoms with Gasteiger partial charge in [0.25, 0.3) is 0 Å². The third-order valence-corrected chi connectivity index (χ3v) is 1.62. The lowest BCUT2D eigenvalue weighted by molar-refractivity contribution is 0.217. The van der Waals surface area contributed by atoms with Gasteiger partial charge in [0.05, 0.1) is 13.4 Å². The van der Waals surface area contributed by atoms with Crippen LogP contribution in [0, 0.1) is 11.8 Å². The fourth-order valence-electron chi connectivity index (χ4n) is 0.906. The lowest BCUT2D eigenvalue weighted by atomic mass is 10.1. The molecule has 1 unspecified atom stereocenters. The fraction of sp³-hybridized carbons (Fsp3) is 0.636. The van der Waals surface area contributed by atoms with Crippen LogP contribution in [0.3, 0.4) is 0 Å². The van der Waals surface area contributed by atoms with Crippen LogP contribution in [0.25, 0.3) is 0 Å². The van der Waals surface area contributed by atoms with E-state index in [2.05, 4.69) is 23.5 Å². The van der Waals surface area contributed by atoms with Crippen LogP contribution in [0.5, 0.6) is 0 Å². The molecule has 74 valence electrons. The molecule has 0 aromatic heterocycles. The van der Waals surface area contributed by atoms with Gasteiger partial charge in [-0.15, -0.1) is 0 Å². The number of rotatable bonds is 5. The van der Waals surface area contributed by atoms with E-state index in [0.717, 1.165) is 19.3 Å². The zero-order chi connectivity index (χ0) is 9.94. The van der Waals surface area contributed by atoms with Gasteiger partial charge in [0, 0.05) is 6.08 Å². The quantitative estimate of drug-likeness (QED) is 0.401. The molecule has 0 rings (SSSR count).